The Morgan fingerprint density at radius 1 is 1.19 bits per heavy atom. The quantitative estimate of drug-likeness (QED) is 0.723. The molecule has 1 aliphatic heterocycles. The van der Waals surface area contributed by atoms with Crippen molar-refractivity contribution in [2.45, 2.75) is 64.8 Å². The molecule has 0 aromatic heterocycles. The number of unbranched alkanes of at least 4 members (excludes halogenated alkanes) is 1. The van der Waals surface area contributed by atoms with Gasteiger partial charge in [-0.2, -0.15) is 0 Å². The molecule has 1 aliphatic rings. The van der Waals surface area contributed by atoms with E-state index in [1.165, 1.54) is 58.0 Å². The molecule has 2 N–H and O–H groups in total. The molecule has 0 aromatic carbocycles. The first-order chi connectivity index (χ1) is 7.81. The predicted octanol–water partition coefficient (Wildman–Crippen LogP) is 3.02. The second-order valence-electron chi connectivity index (χ2n) is 5.30. The van der Waals surface area contributed by atoms with Crippen LogP contribution in [0.2, 0.25) is 0 Å². The van der Waals surface area contributed by atoms with E-state index in [9.17, 15) is 0 Å². The number of hydrogen-bond acceptors (Lipinski definition) is 2. The average Bonchev–Trinajstić information content (AvgIpc) is 2.32. The molecule has 2 nitrogen and oxygen atoms in total. The molecule has 0 aliphatic carbocycles. The third-order valence-corrected chi connectivity index (χ3v) is 4.03. The summed E-state index contributed by atoms with van der Waals surface area (Å²) in [6.07, 6.45) is 9.49. The molecule has 1 saturated heterocycles. The SMILES string of the molecule is CCCCC(CN)N1CCC(CCC)CC1. The van der Waals surface area contributed by atoms with E-state index in [0.29, 0.717) is 6.04 Å². The van der Waals surface area contributed by atoms with Crippen LogP contribution >= 0.6 is 0 Å². The third-order valence-electron chi connectivity index (χ3n) is 4.03. The fraction of sp³-hybridized carbons (Fsp3) is 1.00. The van der Waals surface area contributed by atoms with Gasteiger partial charge in [0.25, 0.3) is 0 Å². The molecular formula is C14H30N2. The van der Waals surface area contributed by atoms with Gasteiger partial charge in [-0.15, -0.1) is 0 Å². The minimum Gasteiger partial charge on any atom is -0.329 e. The lowest BCUT2D eigenvalue weighted by Gasteiger charge is -2.37. The molecule has 0 aromatic rings. The molecule has 16 heavy (non-hydrogen) atoms. The first-order valence-electron chi connectivity index (χ1n) is 7.25. The Morgan fingerprint density at radius 2 is 1.88 bits per heavy atom. The van der Waals surface area contributed by atoms with Gasteiger partial charge in [0, 0.05) is 12.6 Å². The molecule has 2 heteroatoms. The summed E-state index contributed by atoms with van der Waals surface area (Å²) in [6.45, 7) is 7.99. The number of nitrogens with two attached hydrogens (primary N) is 1. The van der Waals surface area contributed by atoms with Gasteiger partial charge in [0.15, 0.2) is 0 Å². The first-order valence-corrected chi connectivity index (χ1v) is 7.25. The number of hydrogen-bond donors (Lipinski definition) is 1. The Morgan fingerprint density at radius 3 is 2.38 bits per heavy atom. The van der Waals surface area contributed by atoms with E-state index in [1.54, 1.807) is 0 Å². The lowest BCUT2D eigenvalue weighted by molar-refractivity contribution is 0.125. The van der Waals surface area contributed by atoms with Crippen molar-refractivity contribution in [2.24, 2.45) is 11.7 Å². The zero-order valence-corrected chi connectivity index (χ0v) is 11.3. The number of piperidine rings is 1. The van der Waals surface area contributed by atoms with E-state index in [2.05, 4.69) is 18.7 Å². The van der Waals surface area contributed by atoms with Crippen molar-refractivity contribution in [3.63, 3.8) is 0 Å². The van der Waals surface area contributed by atoms with Gasteiger partial charge < -0.3 is 5.73 Å². The van der Waals surface area contributed by atoms with Crippen LogP contribution in [0.1, 0.15) is 58.8 Å². The summed E-state index contributed by atoms with van der Waals surface area (Å²) in [6, 6.07) is 0.655. The smallest absolute Gasteiger partial charge is 0.0218 e. The summed E-state index contributed by atoms with van der Waals surface area (Å²) in [5, 5.41) is 0. The second kappa shape index (κ2) is 8.08. The van der Waals surface area contributed by atoms with Crippen LogP contribution in [0.25, 0.3) is 0 Å². The van der Waals surface area contributed by atoms with Crippen LogP contribution < -0.4 is 5.73 Å². The molecule has 0 bridgehead atoms. The van der Waals surface area contributed by atoms with Crippen molar-refractivity contribution in [2.75, 3.05) is 19.6 Å². The van der Waals surface area contributed by atoms with Gasteiger partial charge in [-0.1, -0.05) is 39.5 Å². The molecule has 0 saturated carbocycles. The zero-order valence-electron chi connectivity index (χ0n) is 11.3. The van der Waals surface area contributed by atoms with E-state index >= 15 is 0 Å². The fourth-order valence-electron chi connectivity index (χ4n) is 2.90. The van der Waals surface area contributed by atoms with Crippen LogP contribution in [0.3, 0.4) is 0 Å². The number of likely N-dealkylation sites (tertiary alicyclic amines) is 1. The minimum absolute atomic E-state index is 0.655. The Labute approximate surface area is 102 Å². The topological polar surface area (TPSA) is 29.3 Å². The lowest BCUT2D eigenvalue weighted by atomic mass is 9.91. The average molecular weight is 226 g/mol. The van der Waals surface area contributed by atoms with E-state index in [-0.39, 0.29) is 0 Å². The number of nitrogens with zero attached hydrogens (tertiary/aromatic N) is 1. The lowest BCUT2D eigenvalue weighted by Crippen LogP contribution is -2.45. The Hall–Kier alpha value is -0.0800. The van der Waals surface area contributed by atoms with Crippen molar-refractivity contribution < 1.29 is 0 Å². The van der Waals surface area contributed by atoms with Crippen LogP contribution in [0.15, 0.2) is 0 Å². The first kappa shape index (κ1) is 14.0. The second-order valence-corrected chi connectivity index (χ2v) is 5.30. The van der Waals surface area contributed by atoms with Gasteiger partial charge in [-0.25, -0.2) is 0 Å². The Bertz CT molecular complexity index is 162. The summed E-state index contributed by atoms with van der Waals surface area (Å²) in [5.41, 5.74) is 5.90. The molecule has 0 amide bonds. The molecule has 1 rings (SSSR count). The number of rotatable bonds is 7. The molecular weight excluding hydrogens is 196 g/mol. The molecule has 96 valence electrons. The third kappa shape index (κ3) is 4.42. The Balaban J connectivity index is 2.27. The summed E-state index contributed by atoms with van der Waals surface area (Å²) in [5.74, 6) is 0.992. The standard InChI is InChI=1S/C14H30N2/c1-3-5-7-14(12-15)16-10-8-13(6-4-2)9-11-16/h13-14H,3-12,15H2,1-2H3. The highest BCUT2D eigenvalue weighted by atomic mass is 15.2. The molecule has 1 atom stereocenters. The van der Waals surface area contributed by atoms with Crippen LogP contribution in [0.5, 0.6) is 0 Å². The van der Waals surface area contributed by atoms with Crippen LogP contribution in [0, 0.1) is 5.92 Å². The molecule has 1 heterocycles. The predicted molar refractivity (Wildman–Crippen MR) is 71.6 cm³/mol. The van der Waals surface area contributed by atoms with Gasteiger partial charge in [0.05, 0.1) is 0 Å². The van der Waals surface area contributed by atoms with Gasteiger partial charge in [-0.3, -0.25) is 4.90 Å². The molecule has 1 unspecified atom stereocenters. The molecule has 1 fully saturated rings. The summed E-state index contributed by atoms with van der Waals surface area (Å²) in [7, 11) is 0. The minimum atomic E-state index is 0.655. The largest absolute Gasteiger partial charge is 0.329 e. The van der Waals surface area contributed by atoms with Gasteiger partial charge >= 0.3 is 0 Å². The van der Waals surface area contributed by atoms with Crippen molar-refractivity contribution in [3.05, 3.63) is 0 Å². The zero-order chi connectivity index (χ0) is 11.8. The summed E-state index contributed by atoms with van der Waals surface area (Å²) < 4.78 is 0. The van der Waals surface area contributed by atoms with Crippen molar-refractivity contribution in [1.29, 1.82) is 0 Å². The van der Waals surface area contributed by atoms with E-state index < -0.39 is 0 Å². The van der Waals surface area contributed by atoms with E-state index in [4.69, 9.17) is 5.73 Å². The van der Waals surface area contributed by atoms with Gasteiger partial charge in [0.2, 0.25) is 0 Å². The van der Waals surface area contributed by atoms with Crippen molar-refractivity contribution in [3.8, 4) is 0 Å². The summed E-state index contributed by atoms with van der Waals surface area (Å²) >= 11 is 0. The monoisotopic (exact) mass is 226 g/mol. The maximum atomic E-state index is 5.90. The highest BCUT2D eigenvalue weighted by molar-refractivity contribution is 4.79. The molecule has 0 spiro atoms. The highest BCUT2D eigenvalue weighted by Gasteiger charge is 2.23. The van der Waals surface area contributed by atoms with Crippen LogP contribution in [-0.4, -0.2) is 30.6 Å². The van der Waals surface area contributed by atoms with Crippen molar-refractivity contribution >= 4 is 0 Å². The maximum Gasteiger partial charge on any atom is 0.0218 e. The van der Waals surface area contributed by atoms with Gasteiger partial charge in [0.1, 0.15) is 0 Å². The maximum absolute atomic E-state index is 5.90. The van der Waals surface area contributed by atoms with Gasteiger partial charge in [-0.05, 0) is 38.3 Å². The Kier molecular flexibility index (Phi) is 7.06. The van der Waals surface area contributed by atoms with Crippen LogP contribution in [-0.2, 0) is 0 Å². The van der Waals surface area contributed by atoms with Crippen LogP contribution in [0.4, 0.5) is 0 Å². The summed E-state index contributed by atoms with van der Waals surface area (Å²) in [4.78, 5) is 2.64. The highest BCUT2D eigenvalue weighted by Crippen LogP contribution is 2.23. The fourth-order valence-corrected chi connectivity index (χ4v) is 2.90. The van der Waals surface area contributed by atoms with Crippen molar-refractivity contribution in [1.82, 2.24) is 4.90 Å². The van der Waals surface area contributed by atoms with E-state index in [0.717, 1.165) is 12.5 Å². The normalized spacial score (nSPS) is 21.2. The molecule has 0 radical (unpaired) electrons. The van der Waals surface area contributed by atoms with E-state index in [1.807, 2.05) is 0 Å².